The molecule has 0 saturated carbocycles. The summed E-state index contributed by atoms with van der Waals surface area (Å²) in [6.45, 7) is 0. The van der Waals surface area contributed by atoms with Crippen molar-refractivity contribution in [3.63, 3.8) is 0 Å². The summed E-state index contributed by atoms with van der Waals surface area (Å²) in [5.74, 6) is 1.22. The summed E-state index contributed by atoms with van der Waals surface area (Å²) in [4.78, 5) is 7.48. The molecule has 0 unspecified atom stereocenters. The van der Waals surface area contributed by atoms with Gasteiger partial charge in [0.25, 0.3) is 0 Å². The highest BCUT2D eigenvalue weighted by Gasteiger charge is 2.07. The highest BCUT2D eigenvalue weighted by Crippen LogP contribution is 2.25. The number of aromatic nitrogens is 8. The van der Waals surface area contributed by atoms with Crippen molar-refractivity contribution >= 4 is 35.2 Å². The molecule has 0 fully saturated rings. The van der Waals surface area contributed by atoms with E-state index in [-0.39, 0.29) is 0 Å². The summed E-state index contributed by atoms with van der Waals surface area (Å²) in [6, 6.07) is 8.10. The van der Waals surface area contributed by atoms with E-state index in [0.29, 0.717) is 11.6 Å². The number of hydrogen-bond donors (Lipinski definition) is 3. The van der Waals surface area contributed by atoms with Gasteiger partial charge >= 0.3 is 0 Å². The number of fused-ring (bicyclic) bond motifs is 1. The van der Waals surface area contributed by atoms with Crippen LogP contribution < -0.4 is 0 Å². The SMILES string of the molecule is C(=C\c1c(/C=C/c2ncn[nH]2)[nH]c2ccccc12)/c1nn[nH]n1. The van der Waals surface area contributed by atoms with Crippen molar-refractivity contribution in [1.29, 1.82) is 0 Å². The molecule has 112 valence electrons. The van der Waals surface area contributed by atoms with E-state index in [0.717, 1.165) is 22.2 Å². The van der Waals surface area contributed by atoms with E-state index >= 15 is 0 Å². The number of para-hydroxylation sites is 1. The van der Waals surface area contributed by atoms with Gasteiger partial charge in [-0.1, -0.05) is 18.2 Å². The summed E-state index contributed by atoms with van der Waals surface area (Å²) in [5.41, 5.74) is 3.06. The van der Waals surface area contributed by atoms with Gasteiger partial charge in [0.05, 0.1) is 0 Å². The normalized spacial score (nSPS) is 12.0. The number of hydrogen-bond acceptors (Lipinski definition) is 5. The number of H-pyrrole nitrogens is 3. The number of tetrazole rings is 1. The average molecular weight is 304 g/mol. The van der Waals surface area contributed by atoms with Gasteiger partial charge < -0.3 is 4.98 Å². The molecule has 0 spiro atoms. The third-order valence-electron chi connectivity index (χ3n) is 3.38. The lowest BCUT2D eigenvalue weighted by atomic mass is 10.1. The largest absolute Gasteiger partial charge is 0.355 e. The van der Waals surface area contributed by atoms with Gasteiger partial charge in [-0.25, -0.2) is 4.98 Å². The molecule has 8 nitrogen and oxygen atoms in total. The van der Waals surface area contributed by atoms with Crippen LogP contribution in [0.1, 0.15) is 22.9 Å². The maximum atomic E-state index is 4.08. The molecule has 4 rings (SSSR count). The number of nitrogens with one attached hydrogen (secondary N) is 3. The highest BCUT2D eigenvalue weighted by molar-refractivity contribution is 5.96. The maximum Gasteiger partial charge on any atom is 0.197 e. The number of nitrogens with zero attached hydrogens (tertiary/aromatic N) is 5. The number of benzene rings is 1. The molecule has 0 amide bonds. The Morgan fingerprint density at radius 2 is 1.96 bits per heavy atom. The Balaban J connectivity index is 1.78. The van der Waals surface area contributed by atoms with E-state index in [4.69, 9.17) is 0 Å². The first-order valence-electron chi connectivity index (χ1n) is 6.96. The first-order chi connectivity index (χ1) is 11.4. The molecule has 0 aliphatic heterocycles. The van der Waals surface area contributed by atoms with Crippen LogP contribution in [0, 0.1) is 0 Å². The van der Waals surface area contributed by atoms with Crippen LogP contribution in [-0.2, 0) is 0 Å². The first kappa shape index (κ1) is 13.1. The van der Waals surface area contributed by atoms with E-state index in [1.165, 1.54) is 6.33 Å². The monoisotopic (exact) mass is 304 g/mol. The van der Waals surface area contributed by atoms with Crippen molar-refractivity contribution in [2.45, 2.75) is 0 Å². The zero-order valence-corrected chi connectivity index (χ0v) is 11.9. The minimum atomic E-state index is 0.528. The van der Waals surface area contributed by atoms with E-state index < -0.39 is 0 Å². The molecular weight excluding hydrogens is 292 g/mol. The Morgan fingerprint density at radius 1 is 1.00 bits per heavy atom. The van der Waals surface area contributed by atoms with Gasteiger partial charge in [0.2, 0.25) is 0 Å². The van der Waals surface area contributed by atoms with Gasteiger partial charge in [0, 0.05) is 22.2 Å². The Bertz CT molecular complexity index is 960. The molecular formula is C15H12N8. The molecule has 0 aliphatic carbocycles. The topological polar surface area (TPSA) is 112 Å². The lowest BCUT2D eigenvalue weighted by Crippen LogP contribution is -1.80. The van der Waals surface area contributed by atoms with Crippen LogP contribution in [0.5, 0.6) is 0 Å². The molecule has 0 bridgehead atoms. The van der Waals surface area contributed by atoms with E-state index in [9.17, 15) is 0 Å². The second kappa shape index (κ2) is 5.68. The predicted octanol–water partition coefficient (Wildman–Crippen LogP) is 2.14. The van der Waals surface area contributed by atoms with Gasteiger partial charge in [-0.2, -0.15) is 10.3 Å². The Morgan fingerprint density at radius 3 is 2.78 bits per heavy atom. The third kappa shape index (κ3) is 2.64. The molecule has 4 aromatic rings. The summed E-state index contributed by atoms with van der Waals surface area (Å²) < 4.78 is 0. The Hall–Kier alpha value is -3.55. The fourth-order valence-corrected chi connectivity index (χ4v) is 2.35. The van der Waals surface area contributed by atoms with Crippen molar-refractivity contribution in [3.05, 3.63) is 53.5 Å². The third-order valence-corrected chi connectivity index (χ3v) is 3.38. The van der Waals surface area contributed by atoms with Crippen molar-refractivity contribution < 1.29 is 0 Å². The summed E-state index contributed by atoms with van der Waals surface area (Å²) in [6.07, 6.45) is 9.07. The van der Waals surface area contributed by atoms with Crippen LogP contribution in [0.3, 0.4) is 0 Å². The molecule has 23 heavy (non-hydrogen) atoms. The van der Waals surface area contributed by atoms with Crippen LogP contribution in [0.2, 0.25) is 0 Å². The molecule has 0 atom stereocenters. The molecule has 3 heterocycles. The first-order valence-corrected chi connectivity index (χ1v) is 6.96. The molecule has 1 aromatic carbocycles. The van der Waals surface area contributed by atoms with Gasteiger partial charge in [-0.05, 0) is 35.6 Å². The van der Waals surface area contributed by atoms with E-state index in [2.05, 4.69) is 46.9 Å². The second-order valence-corrected chi connectivity index (χ2v) is 4.81. The van der Waals surface area contributed by atoms with Crippen LogP contribution in [0.15, 0.2) is 30.6 Å². The van der Waals surface area contributed by atoms with Crippen LogP contribution in [0.25, 0.3) is 35.2 Å². The van der Waals surface area contributed by atoms with Crippen LogP contribution in [0.4, 0.5) is 0 Å². The fourth-order valence-electron chi connectivity index (χ4n) is 2.35. The molecule has 8 heteroatoms. The van der Waals surface area contributed by atoms with Gasteiger partial charge in [0.15, 0.2) is 5.82 Å². The van der Waals surface area contributed by atoms with Gasteiger partial charge in [0.1, 0.15) is 12.2 Å². The molecule has 3 N–H and O–H groups in total. The summed E-state index contributed by atoms with van der Waals surface area (Å²) in [5, 5.41) is 21.6. The van der Waals surface area contributed by atoms with Crippen LogP contribution in [-0.4, -0.2) is 40.8 Å². The summed E-state index contributed by atoms with van der Waals surface area (Å²) in [7, 11) is 0. The minimum Gasteiger partial charge on any atom is -0.355 e. The Kier molecular flexibility index (Phi) is 3.24. The predicted molar refractivity (Wildman–Crippen MR) is 86.7 cm³/mol. The molecule has 0 aliphatic rings. The van der Waals surface area contributed by atoms with Crippen molar-refractivity contribution in [3.8, 4) is 0 Å². The lowest BCUT2D eigenvalue weighted by molar-refractivity contribution is 0.881. The maximum absolute atomic E-state index is 4.08. The number of rotatable bonds is 4. The average Bonchev–Trinajstić information content (AvgIpc) is 3.31. The molecule has 0 radical (unpaired) electrons. The molecule has 0 saturated heterocycles. The van der Waals surface area contributed by atoms with Crippen molar-refractivity contribution in [2.24, 2.45) is 0 Å². The lowest BCUT2D eigenvalue weighted by Gasteiger charge is -1.93. The van der Waals surface area contributed by atoms with Crippen molar-refractivity contribution in [1.82, 2.24) is 40.8 Å². The highest BCUT2D eigenvalue weighted by atomic mass is 15.5. The minimum absolute atomic E-state index is 0.528. The quantitative estimate of drug-likeness (QED) is 0.535. The van der Waals surface area contributed by atoms with Crippen LogP contribution >= 0.6 is 0 Å². The number of aromatic amines is 3. The van der Waals surface area contributed by atoms with Gasteiger partial charge in [-0.15, -0.1) is 10.2 Å². The van der Waals surface area contributed by atoms with E-state index in [1.54, 1.807) is 0 Å². The zero-order chi connectivity index (χ0) is 15.5. The Labute approximate surface area is 130 Å². The summed E-state index contributed by atoms with van der Waals surface area (Å²) >= 11 is 0. The fraction of sp³-hybridized carbons (Fsp3) is 0. The zero-order valence-electron chi connectivity index (χ0n) is 11.9. The van der Waals surface area contributed by atoms with Gasteiger partial charge in [-0.3, -0.25) is 5.10 Å². The van der Waals surface area contributed by atoms with E-state index in [1.807, 2.05) is 42.5 Å². The van der Waals surface area contributed by atoms with Crippen molar-refractivity contribution in [2.75, 3.05) is 0 Å². The standard InChI is InChI=1S/C15H12N8/c1-2-4-12-10(3-1)11(5-7-15-20-22-23-21-15)13(18-12)6-8-14-16-9-17-19-14/h1-9,18H,(H,16,17,19)(H,20,21,22,23)/b7-5+,8-6+. The smallest absolute Gasteiger partial charge is 0.197 e. The molecule has 3 aromatic heterocycles. The second-order valence-electron chi connectivity index (χ2n) is 4.81.